The molecule has 4 aromatic rings. The van der Waals surface area contributed by atoms with Gasteiger partial charge in [0.15, 0.2) is 0 Å². The van der Waals surface area contributed by atoms with Crippen molar-refractivity contribution in [2.75, 3.05) is 0 Å². The highest BCUT2D eigenvalue weighted by Crippen LogP contribution is 2.40. The number of H-pyrrole nitrogens is 1. The first-order valence-corrected chi connectivity index (χ1v) is 10.3. The van der Waals surface area contributed by atoms with Crippen molar-refractivity contribution in [3.8, 4) is 33.9 Å². The van der Waals surface area contributed by atoms with Crippen LogP contribution in [0, 0.1) is 0 Å². The molecule has 0 aliphatic heterocycles. The molecule has 4 nitrogen and oxygen atoms in total. The second kappa shape index (κ2) is 8.78. The molecule has 0 amide bonds. The Morgan fingerprint density at radius 3 is 2.20 bits per heavy atom. The SMILES string of the molecule is Oc1cc(OCc2ccc(Cl)cc2Cl)ccc1-c1[nH]ncc1-c1ccc(Cl)cc1Cl. The van der Waals surface area contributed by atoms with Gasteiger partial charge in [-0.3, -0.25) is 5.10 Å². The van der Waals surface area contributed by atoms with Gasteiger partial charge >= 0.3 is 0 Å². The highest BCUT2D eigenvalue weighted by atomic mass is 35.5. The number of benzene rings is 3. The van der Waals surface area contributed by atoms with E-state index < -0.39 is 0 Å². The number of phenols is 1. The maximum atomic E-state index is 10.6. The monoisotopic (exact) mass is 478 g/mol. The molecule has 0 unspecified atom stereocenters. The normalized spacial score (nSPS) is 10.9. The number of hydrogen-bond acceptors (Lipinski definition) is 3. The zero-order valence-corrected chi connectivity index (χ0v) is 18.3. The molecular weight excluding hydrogens is 466 g/mol. The summed E-state index contributed by atoms with van der Waals surface area (Å²) < 4.78 is 5.76. The average molecular weight is 480 g/mol. The zero-order valence-electron chi connectivity index (χ0n) is 15.3. The second-order valence-corrected chi connectivity index (χ2v) is 8.17. The first-order chi connectivity index (χ1) is 14.4. The maximum absolute atomic E-state index is 10.6. The van der Waals surface area contributed by atoms with Crippen molar-refractivity contribution in [3.63, 3.8) is 0 Å². The molecule has 152 valence electrons. The van der Waals surface area contributed by atoms with Crippen molar-refractivity contribution in [3.05, 3.63) is 86.4 Å². The fourth-order valence-corrected chi connectivity index (χ4v) is 3.99. The third kappa shape index (κ3) is 4.37. The Bertz CT molecular complexity index is 1220. The zero-order chi connectivity index (χ0) is 21.3. The molecule has 0 aliphatic carbocycles. The van der Waals surface area contributed by atoms with Gasteiger partial charge < -0.3 is 9.84 Å². The smallest absolute Gasteiger partial charge is 0.128 e. The van der Waals surface area contributed by atoms with Gasteiger partial charge in [0.1, 0.15) is 18.1 Å². The molecule has 0 spiro atoms. The third-order valence-corrected chi connectivity index (χ3v) is 5.64. The number of hydrogen-bond donors (Lipinski definition) is 2. The van der Waals surface area contributed by atoms with Gasteiger partial charge in [-0.1, -0.05) is 58.5 Å². The van der Waals surface area contributed by atoms with Crippen LogP contribution in [0.25, 0.3) is 22.4 Å². The Labute approximate surface area is 192 Å². The average Bonchev–Trinajstić information content (AvgIpc) is 3.16. The first-order valence-electron chi connectivity index (χ1n) is 8.81. The van der Waals surface area contributed by atoms with Crippen LogP contribution in [0.1, 0.15) is 5.56 Å². The van der Waals surface area contributed by atoms with Crippen LogP contribution in [-0.4, -0.2) is 15.3 Å². The van der Waals surface area contributed by atoms with E-state index in [9.17, 15) is 5.11 Å². The molecule has 3 aromatic carbocycles. The number of rotatable bonds is 5. The molecule has 30 heavy (non-hydrogen) atoms. The van der Waals surface area contributed by atoms with E-state index in [4.69, 9.17) is 51.1 Å². The van der Waals surface area contributed by atoms with E-state index in [0.29, 0.717) is 37.1 Å². The molecule has 1 heterocycles. The van der Waals surface area contributed by atoms with Gasteiger partial charge in [0, 0.05) is 43.4 Å². The number of halogens is 4. The molecule has 1 aromatic heterocycles. The third-order valence-electron chi connectivity index (χ3n) is 4.51. The van der Waals surface area contributed by atoms with Crippen molar-refractivity contribution in [1.82, 2.24) is 10.2 Å². The number of nitrogens with one attached hydrogen (secondary N) is 1. The highest BCUT2D eigenvalue weighted by molar-refractivity contribution is 6.36. The Morgan fingerprint density at radius 1 is 0.800 bits per heavy atom. The van der Waals surface area contributed by atoms with Crippen LogP contribution in [0.15, 0.2) is 60.8 Å². The lowest BCUT2D eigenvalue weighted by atomic mass is 10.0. The summed E-state index contributed by atoms with van der Waals surface area (Å²) in [4.78, 5) is 0. The minimum Gasteiger partial charge on any atom is -0.507 e. The van der Waals surface area contributed by atoms with Crippen molar-refractivity contribution < 1.29 is 9.84 Å². The van der Waals surface area contributed by atoms with Gasteiger partial charge in [-0.05, 0) is 36.4 Å². The Morgan fingerprint density at radius 2 is 1.50 bits per heavy atom. The Balaban J connectivity index is 1.59. The molecule has 0 bridgehead atoms. The standard InChI is InChI=1S/C22H14Cl4N2O2/c23-13-2-1-12(19(25)7-13)11-30-15-4-6-17(21(29)9-15)22-18(10-27-28-22)16-5-3-14(24)8-20(16)26/h1-10,29H,11H2,(H,27,28). The minimum atomic E-state index is 0.0327. The van der Waals surface area contributed by atoms with Gasteiger partial charge in [0.25, 0.3) is 0 Å². The molecule has 4 rings (SSSR count). The van der Waals surface area contributed by atoms with Gasteiger partial charge in [-0.25, -0.2) is 0 Å². The van der Waals surface area contributed by atoms with E-state index in [0.717, 1.165) is 16.7 Å². The summed E-state index contributed by atoms with van der Waals surface area (Å²) in [6.45, 7) is 0.241. The summed E-state index contributed by atoms with van der Waals surface area (Å²) in [6, 6.07) is 15.5. The topological polar surface area (TPSA) is 58.1 Å². The fourth-order valence-electron chi connectivity index (χ4n) is 3.02. The lowest BCUT2D eigenvalue weighted by molar-refractivity contribution is 0.304. The van der Waals surface area contributed by atoms with E-state index in [1.807, 2.05) is 6.07 Å². The first kappa shape index (κ1) is 20.9. The molecule has 0 radical (unpaired) electrons. The fraction of sp³-hybridized carbons (Fsp3) is 0.0455. The van der Waals surface area contributed by atoms with Crippen LogP contribution in [0.3, 0.4) is 0 Å². The van der Waals surface area contributed by atoms with Gasteiger partial charge in [0.05, 0.1) is 16.9 Å². The summed E-state index contributed by atoms with van der Waals surface area (Å²) in [5, 5.41) is 19.7. The molecule has 0 aliphatic rings. The number of phenolic OH excluding ortho intramolecular Hbond substituents is 1. The van der Waals surface area contributed by atoms with Crippen LogP contribution < -0.4 is 4.74 Å². The van der Waals surface area contributed by atoms with Crippen molar-refractivity contribution in [1.29, 1.82) is 0 Å². The van der Waals surface area contributed by atoms with Crippen LogP contribution in [0.4, 0.5) is 0 Å². The summed E-state index contributed by atoms with van der Waals surface area (Å²) in [5.41, 5.74) is 3.47. The van der Waals surface area contributed by atoms with Crippen molar-refractivity contribution >= 4 is 46.4 Å². The Kier molecular flexibility index (Phi) is 6.11. The van der Waals surface area contributed by atoms with E-state index in [-0.39, 0.29) is 12.4 Å². The summed E-state index contributed by atoms with van der Waals surface area (Å²) in [6.07, 6.45) is 1.65. The van der Waals surface area contributed by atoms with Crippen LogP contribution in [0.5, 0.6) is 11.5 Å². The summed E-state index contributed by atoms with van der Waals surface area (Å²) in [5.74, 6) is 0.526. The Hall–Kier alpha value is -2.37. The van der Waals surface area contributed by atoms with E-state index in [2.05, 4.69) is 10.2 Å². The lowest BCUT2D eigenvalue weighted by Gasteiger charge is -2.11. The quantitative estimate of drug-likeness (QED) is 0.309. The van der Waals surface area contributed by atoms with Crippen molar-refractivity contribution in [2.45, 2.75) is 6.61 Å². The van der Waals surface area contributed by atoms with Crippen molar-refractivity contribution in [2.24, 2.45) is 0 Å². The van der Waals surface area contributed by atoms with E-state index in [1.54, 1.807) is 48.7 Å². The number of nitrogens with zero attached hydrogens (tertiary/aromatic N) is 1. The predicted octanol–water partition coefficient (Wildman–Crippen LogP) is 7.64. The molecule has 0 fully saturated rings. The van der Waals surface area contributed by atoms with E-state index in [1.165, 1.54) is 6.07 Å². The highest BCUT2D eigenvalue weighted by Gasteiger charge is 2.16. The van der Waals surface area contributed by atoms with Crippen LogP contribution in [0.2, 0.25) is 20.1 Å². The largest absolute Gasteiger partial charge is 0.507 e. The molecule has 8 heteroatoms. The van der Waals surface area contributed by atoms with Crippen LogP contribution in [-0.2, 0) is 6.61 Å². The molecule has 2 N–H and O–H groups in total. The minimum absolute atomic E-state index is 0.0327. The number of aromatic nitrogens is 2. The second-order valence-electron chi connectivity index (χ2n) is 6.49. The van der Waals surface area contributed by atoms with Crippen LogP contribution >= 0.6 is 46.4 Å². The summed E-state index contributed by atoms with van der Waals surface area (Å²) >= 11 is 24.4. The summed E-state index contributed by atoms with van der Waals surface area (Å²) in [7, 11) is 0. The molecule has 0 saturated carbocycles. The van der Waals surface area contributed by atoms with Gasteiger partial charge in [0.2, 0.25) is 0 Å². The lowest BCUT2D eigenvalue weighted by Crippen LogP contribution is -1.96. The number of aromatic amines is 1. The number of ether oxygens (including phenoxy) is 1. The predicted molar refractivity (Wildman–Crippen MR) is 122 cm³/mol. The van der Waals surface area contributed by atoms with Gasteiger partial charge in [-0.15, -0.1) is 0 Å². The number of aromatic hydroxyl groups is 1. The maximum Gasteiger partial charge on any atom is 0.128 e. The molecule has 0 atom stereocenters. The molecular formula is C22H14Cl4N2O2. The molecule has 0 saturated heterocycles. The van der Waals surface area contributed by atoms with E-state index >= 15 is 0 Å². The van der Waals surface area contributed by atoms with Gasteiger partial charge in [-0.2, -0.15) is 5.10 Å².